The van der Waals surface area contributed by atoms with E-state index in [1.165, 1.54) is 0 Å². The Morgan fingerprint density at radius 3 is 1.79 bits per heavy atom. The third-order valence-corrected chi connectivity index (χ3v) is 7.48. The standard InChI is InChI=1S/C24H23N2OP/c1-2-24(20-25,19-18-21-12-6-3-7-13-21)26-28(27,22-14-8-4-9-15-22)23-16-10-5-11-17-23/h3-19H,2H2,1H3,(H,26,27)/b19-18+/t24-/m0/s1. The SMILES string of the molecule is CC[C@@](C#N)(/C=C/c1ccccc1)NP(=O)(c1ccccc1)c1ccccc1. The second kappa shape index (κ2) is 8.85. The smallest absolute Gasteiger partial charge is 0.206 e. The van der Waals surface area contributed by atoms with Gasteiger partial charge in [-0.15, -0.1) is 0 Å². The summed E-state index contributed by atoms with van der Waals surface area (Å²) in [6, 6.07) is 30.8. The second-order valence-corrected chi connectivity index (χ2v) is 9.05. The fraction of sp³-hybridized carbons (Fsp3) is 0.125. The first-order chi connectivity index (χ1) is 13.6. The van der Waals surface area contributed by atoms with Gasteiger partial charge in [0, 0.05) is 10.6 Å². The summed E-state index contributed by atoms with van der Waals surface area (Å²) in [7, 11) is -3.22. The molecule has 0 saturated heterocycles. The topological polar surface area (TPSA) is 52.9 Å². The lowest BCUT2D eigenvalue weighted by molar-refractivity contribution is 0.539. The van der Waals surface area contributed by atoms with Gasteiger partial charge in [-0.1, -0.05) is 79.7 Å². The van der Waals surface area contributed by atoms with Crippen molar-refractivity contribution in [2.24, 2.45) is 0 Å². The van der Waals surface area contributed by atoms with Crippen molar-refractivity contribution in [3.8, 4) is 6.07 Å². The fourth-order valence-corrected chi connectivity index (χ4v) is 5.60. The number of nitrogens with one attached hydrogen (secondary N) is 1. The zero-order chi connectivity index (χ0) is 19.9. The lowest BCUT2D eigenvalue weighted by Gasteiger charge is -2.30. The normalized spacial score (nSPS) is 13.7. The average Bonchev–Trinajstić information content (AvgIpc) is 2.78. The van der Waals surface area contributed by atoms with Crippen molar-refractivity contribution in [2.45, 2.75) is 18.9 Å². The van der Waals surface area contributed by atoms with Crippen molar-refractivity contribution >= 4 is 24.0 Å². The zero-order valence-electron chi connectivity index (χ0n) is 15.8. The van der Waals surface area contributed by atoms with Crippen molar-refractivity contribution in [1.82, 2.24) is 5.09 Å². The van der Waals surface area contributed by atoms with E-state index >= 15 is 0 Å². The number of nitrogens with zero attached hydrogens (tertiary/aromatic N) is 1. The molecule has 3 aromatic rings. The van der Waals surface area contributed by atoms with Gasteiger partial charge in [0.1, 0.15) is 5.54 Å². The third kappa shape index (κ3) is 4.31. The van der Waals surface area contributed by atoms with Crippen LogP contribution in [0.4, 0.5) is 0 Å². The van der Waals surface area contributed by atoms with Gasteiger partial charge in [0.25, 0.3) is 0 Å². The molecule has 0 aliphatic heterocycles. The molecule has 0 saturated carbocycles. The van der Waals surface area contributed by atoms with Gasteiger partial charge in [0.05, 0.1) is 6.07 Å². The molecule has 0 heterocycles. The molecule has 0 amide bonds. The summed E-state index contributed by atoms with van der Waals surface area (Å²) in [5.74, 6) is 0. The van der Waals surface area contributed by atoms with E-state index in [1.54, 1.807) is 0 Å². The van der Waals surface area contributed by atoms with Gasteiger partial charge in [0.2, 0.25) is 7.29 Å². The summed E-state index contributed by atoms with van der Waals surface area (Å²) in [6.07, 6.45) is 4.21. The minimum Gasteiger partial charge on any atom is -0.296 e. The van der Waals surface area contributed by atoms with E-state index in [4.69, 9.17) is 0 Å². The van der Waals surface area contributed by atoms with Gasteiger partial charge in [-0.05, 0) is 42.3 Å². The van der Waals surface area contributed by atoms with Crippen molar-refractivity contribution in [3.05, 3.63) is 103 Å². The third-order valence-electron chi connectivity index (χ3n) is 4.71. The molecular weight excluding hydrogens is 363 g/mol. The summed E-state index contributed by atoms with van der Waals surface area (Å²) in [6.45, 7) is 1.92. The van der Waals surface area contributed by atoms with Gasteiger partial charge in [-0.25, -0.2) is 5.09 Å². The number of hydrogen-bond acceptors (Lipinski definition) is 2. The lowest BCUT2D eigenvalue weighted by atomic mass is 9.98. The van der Waals surface area contributed by atoms with Crippen LogP contribution in [-0.2, 0) is 4.57 Å². The molecule has 4 heteroatoms. The molecule has 3 aromatic carbocycles. The lowest BCUT2D eigenvalue weighted by Crippen LogP contribution is -2.44. The van der Waals surface area contributed by atoms with E-state index in [0.717, 1.165) is 5.56 Å². The first kappa shape index (κ1) is 19.8. The molecule has 3 nitrogen and oxygen atoms in total. The zero-order valence-corrected chi connectivity index (χ0v) is 16.7. The highest BCUT2D eigenvalue weighted by atomic mass is 31.2. The highest BCUT2D eigenvalue weighted by Crippen LogP contribution is 2.42. The highest BCUT2D eigenvalue weighted by molar-refractivity contribution is 7.77. The monoisotopic (exact) mass is 386 g/mol. The van der Waals surface area contributed by atoms with E-state index in [0.29, 0.717) is 17.0 Å². The van der Waals surface area contributed by atoms with E-state index in [9.17, 15) is 9.83 Å². The molecule has 0 aliphatic carbocycles. The Balaban J connectivity index is 2.06. The van der Waals surface area contributed by atoms with Crippen LogP contribution in [0.25, 0.3) is 6.08 Å². The fourth-order valence-electron chi connectivity index (χ4n) is 3.01. The Hall–Kier alpha value is -2.92. The summed E-state index contributed by atoms with van der Waals surface area (Å²) in [4.78, 5) is 0. The molecular formula is C24H23N2OP. The van der Waals surface area contributed by atoms with Gasteiger partial charge in [-0.3, -0.25) is 4.57 Å². The van der Waals surface area contributed by atoms with Gasteiger partial charge in [0.15, 0.2) is 0 Å². The molecule has 1 atom stereocenters. The minimum atomic E-state index is -3.22. The number of nitriles is 1. The van der Waals surface area contributed by atoms with E-state index in [2.05, 4.69) is 11.2 Å². The molecule has 0 aromatic heterocycles. The number of rotatable bonds is 7. The predicted octanol–water partition coefficient (Wildman–Crippen LogP) is 4.89. The van der Waals surface area contributed by atoms with E-state index < -0.39 is 12.8 Å². The van der Waals surface area contributed by atoms with Gasteiger partial charge >= 0.3 is 0 Å². The summed E-state index contributed by atoms with van der Waals surface area (Å²) >= 11 is 0. The van der Waals surface area contributed by atoms with Crippen LogP contribution in [0.2, 0.25) is 0 Å². The maximum absolute atomic E-state index is 14.3. The summed E-state index contributed by atoms with van der Waals surface area (Å²) in [5.41, 5.74) is -0.0662. The molecule has 0 unspecified atom stereocenters. The second-order valence-electron chi connectivity index (χ2n) is 6.57. The number of benzene rings is 3. The Labute approximate surface area is 166 Å². The minimum absolute atomic E-state index is 0.483. The molecule has 0 spiro atoms. The van der Waals surface area contributed by atoms with Gasteiger partial charge in [-0.2, -0.15) is 5.26 Å². The maximum atomic E-state index is 14.3. The quantitative estimate of drug-likeness (QED) is 0.588. The maximum Gasteiger partial charge on any atom is 0.206 e. The molecule has 0 fully saturated rings. The highest BCUT2D eigenvalue weighted by Gasteiger charge is 2.37. The molecule has 1 N–H and O–H groups in total. The van der Waals surface area contributed by atoms with Crippen molar-refractivity contribution < 1.29 is 4.57 Å². The van der Waals surface area contributed by atoms with Crippen molar-refractivity contribution in [3.63, 3.8) is 0 Å². The van der Waals surface area contributed by atoms with Crippen LogP contribution < -0.4 is 15.7 Å². The van der Waals surface area contributed by atoms with Crippen LogP contribution in [0, 0.1) is 11.3 Å². The van der Waals surface area contributed by atoms with Crippen LogP contribution >= 0.6 is 7.29 Å². The predicted molar refractivity (Wildman–Crippen MR) is 117 cm³/mol. The number of hydrogen-bond donors (Lipinski definition) is 1. The van der Waals surface area contributed by atoms with Crippen molar-refractivity contribution in [1.29, 1.82) is 5.26 Å². The largest absolute Gasteiger partial charge is 0.296 e. The Morgan fingerprint density at radius 1 is 0.893 bits per heavy atom. The molecule has 3 rings (SSSR count). The van der Waals surface area contributed by atoms with Gasteiger partial charge < -0.3 is 0 Å². The Morgan fingerprint density at radius 2 is 1.36 bits per heavy atom. The first-order valence-corrected chi connectivity index (χ1v) is 11.0. The molecule has 0 bridgehead atoms. The van der Waals surface area contributed by atoms with Crippen LogP contribution in [0.5, 0.6) is 0 Å². The summed E-state index contributed by atoms with van der Waals surface area (Å²) in [5, 5.41) is 14.6. The van der Waals surface area contributed by atoms with Crippen LogP contribution in [0.15, 0.2) is 97.1 Å². The Kier molecular flexibility index (Phi) is 6.26. The molecule has 28 heavy (non-hydrogen) atoms. The molecule has 0 aliphatic rings. The first-order valence-electron chi connectivity index (χ1n) is 9.28. The van der Waals surface area contributed by atoms with Crippen molar-refractivity contribution in [2.75, 3.05) is 0 Å². The van der Waals surface area contributed by atoms with Crippen LogP contribution in [0.3, 0.4) is 0 Å². The Bertz CT molecular complexity index is 967. The van der Waals surface area contributed by atoms with Crippen LogP contribution in [-0.4, -0.2) is 5.54 Å². The van der Waals surface area contributed by atoms with E-state index in [1.807, 2.05) is 110 Å². The molecule has 140 valence electrons. The summed E-state index contributed by atoms with van der Waals surface area (Å²) < 4.78 is 14.3. The van der Waals surface area contributed by atoms with Crippen LogP contribution in [0.1, 0.15) is 18.9 Å². The molecule has 0 radical (unpaired) electrons. The average molecular weight is 386 g/mol. The van der Waals surface area contributed by atoms with E-state index in [-0.39, 0.29) is 0 Å².